The second-order valence-electron chi connectivity index (χ2n) is 12.3. The van der Waals surface area contributed by atoms with E-state index in [1.165, 1.54) is 0 Å². The Labute approximate surface area is 287 Å². The van der Waals surface area contributed by atoms with Gasteiger partial charge in [-0.2, -0.15) is 15.8 Å². The van der Waals surface area contributed by atoms with Crippen LogP contribution in [0.5, 0.6) is 0 Å². The zero-order valence-corrected chi connectivity index (χ0v) is 26.7. The minimum absolute atomic E-state index is 0.536. The number of fused-ring (bicyclic) bond motifs is 6. The van der Waals surface area contributed by atoms with Crippen LogP contribution in [-0.2, 0) is 0 Å². The molecule has 0 atom stereocenters. The molecule has 0 unspecified atom stereocenters. The van der Waals surface area contributed by atoms with E-state index in [1.807, 2.05) is 103 Å². The molecule has 0 radical (unpaired) electrons. The average molecular weight is 636 g/mol. The third-order valence-electron chi connectivity index (χ3n) is 9.65. The summed E-state index contributed by atoms with van der Waals surface area (Å²) >= 11 is 0. The van der Waals surface area contributed by atoms with Gasteiger partial charge in [-0.05, 0) is 65.7 Å². The molecule has 0 amide bonds. The highest BCUT2D eigenvalue weighted by molar-refractivity contribution is 6.12. The Bertz CT molecular complexity index is 2970. The Balaban J connectivity index is 1.26. The Hall–Kier alpha value is -7.39. The van der Waals surface area contributed by atoms with Gasteiger partial charge in [-0.3, -0.25) is 0 Å². The summed E-state index contributed by atoms with van der Waals surface area (Å²) in [5.74, 6) is 0. The van der Waals surface area contributed by atoms with Gasteiger partial charge in [0.05, 0.1) is 56.6 Å². The fraction of sp³-hybridized carbons (Fsp3) is 0. The Morgan fingerprint density at radius 3 is 1.72 bits per heavy atom. The third kappa shape index (κ3) is 4.24. The van der Waals surface area contributed by atoms with Crippen LogP contribution >= 0.6 is 0 Å². The molecule has 50 heavy (non-hydrogen) atoms. The first kappa shape index (κ1) is 28.8. The quantitative estimate of drug-likeness (QED) is 0.193. The molecule has 2 heterocycles. The number of benzene rings is 7. The normalized spacial score (nSPS) is 11.1. The molecule has 0 saturated carbocycles. The standard InChI is InChI=1S/C45H25N5/c46-26-29-20-23-44-40(24-29)38-15-5-8-19-43(38)50(44)42-18-7-3-13-36(42)35-12-2-1-11-34(35)33-22-21-32(25-31(33)28-48)49-41-17-6-4-14-37(41)39-16-9-10-30(27-47)45(39)49/h1-25H. The first-order valence-electron chi connectivity index (χ1n) is 16.3. The summed E-state index contributed by atoms with van der Waals surface area (Å²) in [6, 6.07) is 57.8. The maximum absolute atomic E-state index is 10.6. The molecule has 0 fully saturated rings. The van der Waals surface area contributed by atoms with E-state index in [-0.39, 0.29) is 0 Å². The van der Waals surface area contributed by atoms with E-state index in [9.17, 15) is 15.8 Å². The predicted molar refractivity (Wildman–Crippen MR) is 200 cm³/mol. The lowest BCUT2D eigenvalue weighted by molar-refractivity contribution is 1.17. The van der Waals surface area contributed by atoms with E-state index in [0.717, 1.165) is 77.2 Å². The lowest BCUT2D eigenvalue weighted by atomic mass is 9.91. The Morgan fingerprint density at radius 1 is 0.380 bits per heavy atom. The van der Waals surface area contributed by atoms with Crippen LogP contribution in [0.3, 0.4) is 0 Å². The van der Waals surface area contributed by atoms with Crippen molar-refractivity contribution >= 4 is 43.6 Å². The molecule has 230 valence electrons. The van der Waals surface area contributed by atoms with E-state index in [4.69, 9.17) is 0 Å². The summed E-state index contributed by atoms with van der Waals surface area (Å²) in [6.07, 6.45) is 0. The molecule has 0 spiro atoms. The third-order valence-corrected chi connectivity index (χ3v) is 9.65. The summed E-state index contributed by atoms with van der Waals surface area (Å²) in [5.41, 5.74) is 11.2. The van der Waals surface area contributed by atoms with Crippen LogP contribution in [0.4, 0.5) is 0 Å². The van der Waals surface area contributed by atoms with E-state index in [1.54, 1.807) is 0 Å². The Morgan fingerprint density at radius 2 is 0.980 bits per heavy atom. The number of hydrogen-bond donors (Lipinski definition) is 0. The lowest BCUT2D eigenvalue weighted by Crippen LogP contribution is -1.99. The SMILES string of the molecule is N#Cc1ccc2c(c1)c1ccccc1n2-c1ccccc1-c1ccccc1-c1ccc(-n2c3ccccc3c3cccc(C#N)c32)cc1C#N. The van der Waals surface area contributed by atoms with Gasteiger partial charge in [-0.15, -0.1) is 0 Å². The van der Waals surface area contributed by atoms with E-state index < -0.39 is 0 Å². The second-order valence-corrected chi connectivity index (χ2v) is 12.3. The maximum Gasteiger partial charge on any atom is 0.101 e. The largest absolute Gasteiger partial charge is 0.309 e. The van der Waals surface area contributed by atoms with E-state index in [2.05, 4.69) is 75.9 Å². The van der Waals surface area contributed by atoms with Crippen molar-refractivity contribution in [3.8, 4) is 51.8 Å². The van der Waals surface area contributed by atoms with Crippen molar-refractivity contribution < 1.29 is 0 Å². The smallest absolute Gasteiger partial charge is 0.101 e. The first-order chi connectivity index (χ1) is 24.7. The van der Waals surface area contributed by atoms with Crippen molar-refractivity contribution in [1.82, 2.24) is 9.13 Å². The molecule has 5 nitrogen and oxygen atoms in total. The summed E-state index contributed by atoms with van der Waals surface area (Å²) in [6.45, 7) is 0. The van der Waals surface area contributed by atoms with Crippen LogP contribution < -0.4 is 0 Å². The lowest BCUT2D eigenvalue weighted by Gasteiger charge is -2.18. The van der Waals surface area contributed by atoms with Crippen molar-refractivity contribution in [2.24, 2.45) is 0 Å². The van der Waals surface area contributed by atoms with Gasteiger partial charge in [-0.25, -0.2) is 0 Å². The summed E-state index contributed by atoms with van der Waals surface area (Å²) in [7, 11) is 0. The first-order valence-corrected chi connectivity index (χ1v) is 16.3. The fourth-order valence-electron chi connectivity index (χ4n) is 7.53. The van der Waals surface area contributed by atoms with Crippen LogP contribution in [0.2, 0.25) is 0 Å². The molecule has 2 aromatic heterocycles. The highest BCUT2D eigenvalue weighted by Crippen LogP contribution is 2.41. The van der Waals surface area contributed by atoms with Gasteiger partial charge < -0.3 is 9.13 Å². The molecule has 9 aromatic rings. The number of aromatic nitrogens is 2. The van der Waals surface area contributed by atoms with Gasteiger partial charge in [0, 0.05) is 38.4 Å². The van der Waals surface area contributed by atoms with Crippen LogP contribution in [0.15, 0.2) is 152 Å². The van der Waals surface area contributed by atoms with Crippen LogP contribution in [0.25, 0.3) is 77.2 Å². The number of nitriles is 3. The maximum atomic E-state index is 10.6. The van der Waals surface area contributed by atoms with Crippen LogP contribution in [0, 0.1) is 34.0 Å². The van der Waals surface area contributed by atoms with Crippen molar-refractivity contribution in [3.05, 3.63) is 168 Å². The molecule has 0 bridgehead atoms. The van der Waals surface area contributed by atoms with Gasteiger partial charge >= 0.3 is 0 Å². The molecular weight excluding hydrogens is 611 g/mol. The van der Waals surface area contributed by atoms with Crippen molar-refractivity contribution in [1.29, 1.82) is 15.8 Å². The van der Waals surface area contributed by atoms with E-state index in [0.29, 0.717) is 16.7 Å². The molecule has 0 aliphatic carbocycles. The molecule has 0 N–H and O–H groups in total. The fourth-order valence-corrected chi connectivity index (χ4v) is 7.53. The number of nitrogens with zero attached hydrogens (tertiary/aromatic N) is 5. The zero-order chi connectivity index (χ0) is 33.8. The topological polar surface area (TPSA) is 81.2 Å². The van der Waals surface area contributed by atoms with Gasteiger partial charge in [0.25, 0.3) is 0 Å². The number of hydrogen-bond acceptors (Lipinski definition) is 3. The zero-order valence-electron chi connectivity index (χ0n) is 26.7. The number of para-hydroxylation sites is 4. The van der Waals surface area contributed by atoms with Crippen LogP contribution in [-0.4, -0.2) is 9.13 Å². The predicted octanol–water partition coefficient (Wildman–Crippen LogP) is 10.8. The minimum Gasteiger partial charge on any atom is -0.309 e. The van der Waals surface area contributed by atoms with Gasteiger partial charge in [0.2, 0.25) is 0 Å². The second kappa shape index (κ2) is 11.4. The molecule has 0 aliphatic heterocycles. The van der Waals surface area contributed by atoms with Crippen molar-refractivity contribution in [2.45, 2.75) is 0 Å². The van der Waals surface area contributed by atoms with Crippen molar-refractivity contribution in [3.63, 3.8) is 0 Å². The molecule has 0 saturated heterocycles. The molecule has 7 aromatic carbocycles. The molecule has 9 rings (SSSR count). The Kier molecular flexibility index (Phi) is 6.56. The van der Waals surface area contributed by atoms with Crippen molar-refractivity contribution in [2.75, 3.05) is 0 Å². The average Bonchev–Trinajstić information content (AvgIpc) is 3.70. The summed E-state index contributed by atoms with van der Waals surface area (Å²) < 4.78 is 4.36. The summed E-state index contributed by atoms with van der Waals surface area (Å²) in [5, 5.41) is 34.5. The molecular formula is C45H25N5. The minimum atomic E-state index is 0.536. The monoisotopic (exact) mass is 635 g/mol. The molecule has 5 heteroatoms. The van der Waals surface area contributed by atoms with Crippen LogP contribution in [0.1, 0.15) is 16.7 Å². The summed E-state index contributed by atoms with van der Waals surface area (Å²) in [4.78, 5) is 0. The van der Waals surface area contributed by atoms with Gasteiger partial charge in [0.1, 0.15) is 6.07 Å². The molecule has 0 aliphatic rings. The highest BCUT2D eigenvalue weighted by Gasteiger charge is 2.20. The highest BCUT2D eigenvalue weighted by atomic mass is 15.0. The van der Waals surface area contributed by atoms with Gasteiger partial charge in [0.15, 0.2) is 0 Å². The van der Waals surface area contributed by atoms with Gasteiger partial charge in [-0.1, -0.05) is 97.1 Å². The number of rotatable bonds is 4. The van der Waals surface area contributed by atoms with E-state index >= 15 is 0 Å².